The van der Waals surface area contributed by atoms with Gasteiger partial charge in [0, 0.05) is 25.5 Å². The van der Waals surface area contributed by atoms with Crippen molar-refractivity contribution in [3.05, 3.63) is 77.6 Å². The molecule has 0 bridgehead atoms. The summed E-state index contributed by atoms with van der Waals surface area (Å²) in [6.07, 6.45) is -1.32. The minimum Gasteiger partial charge on any atom is -0.464 e. The Morgan fingerprint density at radius 1 is 0.976 bits per heavy atom. The second kappa shape index (κ2) is 15.0. The number of ether oxygens (including phenoxy) is 2. The van der Waals surface area contributed by atoms with Gasteiger partial charge in [-0.25, -0.2) is 9.48 Å². The highest BCUT2D eigenvalue weighted by Gasteiger charge is 2.27. The fourth-order valence-electron chi connectivity index (χ4n) is 4.17. The Bertz CT molecular complexity index is 1370. The lowest BCUT2D eigenvalue weighted by atomic mass is 9.97. The van der Waals surface area contributed by atoms with E-state index in [0.717, 1.165) is 21.4 Å². The molecule has 3 atom stereocenters. The van der Waals surface area contributed by atoms with E-state index in [1.54, 1.807) is 20.8 Å². The molecule has 0 saturated carbocycles. The van der Waals surface area contributed by atoms with Crippen molar-refractivity contribution >= 4 is 23.6 Å². The zero-order valence-corrected chi connectivity index (χ0v) is 24.3. The standard InChI is InChI=1S/C31H38N4O7/c1-5-41-30(39)27(37)16-24(15-21-11-13-23(14-12-21)22-9-7-6-8-10-22)33-29(38)26-17-25(20(4)36)34-35(26)18-42-31(40)28(32)19(2)3/h6-14,17,19,24,27-28,37H,5,15-16,18,32H2,1-4H3,(H,33,38)/t24-,27-,28?/m1/s1. The maximum atomic E-state index is 13.5. The Kier molecular flexibility index (Phi) is 11.5. The molecule has 0 aliphatic heterocycles. The third-order valence-electron chi connectivity index (χ3n) is 6.64. The summed E-state index contributed by atoms with van der Waals surface area (Å²) in [7, 11) is 0. The fourth-order valence-corrected chi connectivity index (χ4v) is 4.17. The van der Waals surface area contributed by atoms with E-state index in [2.05, 4.69) is 10.4 Å². The number of Topliss-reactive ketones (excluding diaryl/α,β-unsaturated/α-hetero) is 1. The van der Waals surface area contributed by atoms with Crippen LogP contribution in [0.15, 0.2) is 60.7 Å². The predicted molar refractivity (Wildman–Crippen MR) is 155 cm³/mol. The first-order chi connectivity index (χ1) is 20.0. The summed E-state index contributed by atoms with van der Waals surface area (Å²) in [4.78, 5) is 49.9. The molecule has 1 amide bonds. The van der Waals surface area contributed by atoms with Gasteiger partial charge in [0.05, 0.1) is 6.61 Å². The minimum atomic E-state index is -1.48. The Balaban J connectivity index is 1.83. The van der Waals surface area contributed by atoms with Crippen molar-refractivity contribution in [2.45, 2.75) is 65.5 Å². The highest BCUT2D eigenvalue weighted by molar-refractivity contribution is 5.98. The van der Waals surface area contributed by atoms with Gasteiger partial charge in [0.15, 0.2) is 18.6 Å². The van der Waals surface area contributed by atoms with Crippen LogP contribution in [-0.2, 0) is 32.2 Å². The van der Waals surface area contributed by atoms with E-state index >= 15 is 0 Å². The number of carbonyl (C=O) groups is 4. The van der Waals surface area contributed by atoms with E-state index in [-0.39, 0.29) is 42.5 Å². The van der Waals surface area contributed by atoms with Crippen LogP contribution >= 0.6 is 0 Å². The molecule has 1 aromatic heterocycles. The number of aliphatic hydroxyl groups excluding tert-OH is 1. The number of benzene rings is 2. The third-order valence-corrected chi connectivity index (χ3v) is 6.64. The maximum absolute atomic E-state index is 13.5. The molecule has 0 saturated heterocycles. The normalized spacial score (nSPS) is 13.2. The van der Waals surface area contributed by atoms with Crippen molar-refractivity contribution < 1.29 is 33.8 Å². The van der Waals surface area contributed by atoms with Crippen LogP contribution in [0, 0.1) is 5.92 Å². The van der Waals surface area contributed by atoms with Crippen LogP contribution in [-0.4, -0.2) is 63.3 Å². The van der Waals surface area contributed by atoms with Gasteiger partial charge in [-0.1, -0.05) is 68.4 Å². The summed E-state index contributed by atoms with van der Waals surface area (Å²) < 4.78 is 11.3. The fraction of sp³-hybridized carbons (Fsp3) is 0.387. The van der Waals surface area contributed by atoms with Crippen LogP contribution in [0.1, 0.15) is 60.7 Å². The molecule has 4 N–H and O–H groups in total. The molecule has 1 unspecified atom stereocenters. The Labute approximate surface area is 245 Å². The van der Waals surface area contributed by atoms with Gasteiger partial charge in [-0.15, -0.1) is 0 Å². The number of amides is 1. The second-order valence-electron chi connectivity index (χ2n) is 10.3. The van der Waals surface area contributed by atoms with Crippen LogP contribution in [0.2, 0.25) is 0 Å². The first-order valence-electron chi connectivity index (χ1n) is 13.8. The summed E-state index contributed by atoms with van der Waals surface area (Å²) in [5, 5.41) is 17.4. The van der Waals surface area contributed by atoms with Gasteiger partial charge in [0.2, 0.25) is 0 Å². The number of hydrogen-bond acceptors (Lipinski definition) is 9. The zero-order chi connectivity index (χ0) is 30.8. The molecule has 1 heterocycles. The first kappa shape index (κ1) is 32.2. The summed E-state index contributed by atoms with van der Waals surface area (Å²) in [5.74, 6) is -2.67. The zero-order valence-electron chi connectivity index (χ0n) is 24.3. The number of hydrogen-bond donors (Lipinski definition) is 3. The first-order valence-corrected chi connectivity index (χ1v) is 13.8. The van der Waals surface area contributed by atoms with Crippen LogP contribution in [0.4, 0.5) is 0 Å². The molecule has 42 heavy (non-hydrogen) atoms. The lowest BCUT2D eigenvalue weighted by Crippen LogP contribution is -2.42. The Hall–Kier alpha value is -4.35. The number of carbonyl (C=O) groups excluding carboxylic acids is 4. The van der Waals surface area contributed by atoms with E-state index in [1.165, 1.54) is 13.0 Å². The highest BCUT2D eigenvalue weighted by Crippen LogP contribution is 2.20. The molecular weight excluding hydrogens is 540 g/mol. The van der Waals surface area contributed by atoms with Crippen molar-refractivity contribution in [3.63, 3.8) is 0 Å². The second-order valence-corrected chi connectivity index (χ2v) is 10.3. The maximum Gasteiger partial charge on any atom is 0.335 e. The molecule has 0 aliphatic rings. The monoisotopic (exact) mass is 578 g/mol. The predicted octanol–water partition coefficient (Wildman–Crippen LogP) is 2.89. The van der Waals surface area contributed by atoms with E-state index in [9.17, 15) is 24.3 Å². The van der Waals surface area contributed by atoms with Gasteiger partial charge in [-0.05, 0) is 36.0 Å². The van der Waals surface area contributed by atoms with Crippen LogP contribution in [0.3, 0.4) is 0 Å². The lowest BCUT2D eigenvalue weighted by Gasteiger charge is -2.22. The lowest BCUT2D eigenvalue weighted by molar-refractivity contribution is -0.153. The number of esters is 2. The van der Waals surface area contributed by atoms with Crippen molar-refractivity contribution in [1.82, 2.24) is 15.1 Å². The van der Waals surface area contributed by atoms with Gasteiger partial charge in [0.1, 0.15) is 17.4 Å². The van der Waals surface area contributed by atoms with Crippen molar-refractivity contribution in [2.75, 3.05) is 6.61 Å². The van der Waals surface area contributed by atoms with E-state index in [0.29, 0.717) is 0 Å². The van der Waals surface area contributed by atoms with E-state index in [1.807, 2.05) is 54.6 Å². The van der Waals surface area contributed by atoms with Gasteiger partial charge in [-0.2, -0.15) is 5.10 Å². The molecular formula is C31H38N4O7. The number of ketones is 1. The number of nitrogens with zero attached hydrogens (tertiary/aromatic N) is 2. The summed E-state index contributed by atoms with van der Waals surface area (Å²) in [5.41, 5.74) is 8.73. The van der Waals surface area contributed by atoms with E-state index < -0.39 is 42.8 Å². The molecule has 3 rings (SSSR count). The largest absolute Gasteiger partial charge is 0.464 e. The molecule has 0 radical (unpaired) electrons. The quantitative estimate of drug-likeness (QED) is 0.193. The van der Waals surface area contributed by atoms with Gasteiger partial charge >= 0.3 is 11.9 Å². The molecule has 0 fully saturated rings. The SMILES string of the molecule is CCOC(=O)[C@H](O)C[C@@H](Cc1ccc(-c2ccccc2)cc1)NC(=O)c1cc(C(C)=O)nn1COC(=O)C(N)C(C)C. The summed E-state index contributed by atoms with van der Waals surface area (Å²) in [6.45, 7) is 6.13. The van der Waals surface area contributed by atoms with Crippen LogP contribution in [0.25, 0.3) is 11.1 Å². The number of aromatic nitrogens is 2. The number of rotatable bonds is 14. The van der Waals surface area contributed by atoms with E-state index in [4.69, 9.17) is 15.2 Å². The highest BCUT2D eigenvalue weighted by atomic mass is 16.5. The summed E-state index contributed by atoms with van der Waals surface area (Å²) >= 11 is 0. The third kappa shape index (κ3) is 8.82. The molecule has 0 spiro atoms. The molecule has 11 nitrogen and oxygen atoms in total. The molecule has 224 valence electrons. The van der Waals surface area contributed by atoms with Gasteiger partial charge < -0.3 is 25.6 Å². The average molecular weight is 579 g/mol. The van der Waals surface area contributed by atoms with Gasteiger partial charge in [0.25, 0.3) is 5.91 Å². The number of aliphatic hydroxyl groups is 1. The molecule has 3 aromatic rings. The van der Waals surface area contributed by atoms with Crippen LogP contribution in [0.5, 0.6) is 0 Å². The summed E-state index contributed by atoms with van der Waals surface area (Å²) in [6, 6.07) is 17.3. The minimum absolute atomic E-state index is 0.00367. The Morgan fingerprint density at radius 3 is 2.21 bits per heavy atom. The topological polar surface area (TPSA) is 163 Å². The molecule has 11 heteroatoms. The number of nitrogens with one attached hydrogen (secondary N) is 1. The average Bonchev–Trinajstić information content (AvgIpc) is 3.41. The Morgan fingerprint density at radius 2 is 1.62 bits per heavy atom. The van der Waals surface area contributed by atoms with Crippen molar-refractivity contribution in [1.29, 1.82) is 0 Å². The van der Waals surface area contributed by atoms with Gasteiger partial charge in [-0.3, -0.25) is 14.4 Å². The van der Waals surface area contributed by atoms with Crippen molar-refractivity contribution in [2.24, 2.45) is 11.7 Å². The molecule has 2 aromatic carbocycles. The van der Waals surface area contributed by atoms with Crippen molar-refractivity contribution in [3.8, 4) is 11.1 Å². The molecule has 0 aliphatic carbocycles. The van der Waals surface area contributed by atoms with Crippen LogP contribution < -0.4 is 11.1 Å². The smallest absolute Gasteiger partial charge is 0.335 e. The number of nitrogens with two attached hydrogens (primary N) is 1.